The van der Waals surface area contributed by atoms with Crippen LogP contribution in [-0.4, -0.2) is 22.4 Å². The number of rotatable bonds is 6. The van der Waals surface area contributed by atoms with Crippen LogP contribution in [0.4, 0.5) is 5.69 Å². The summed E-state index contributed by atoms with van der Waals surface area (Å²) in [6.45, 7) is 0. The van der Waals surface area contributed by atoms with Crippen LogP contribution in [0.3, 0.4) is 0 Å². The van der Waals surface area contributed by atoms with Crippen LogP contribution in [-0.2, 0) is 11.2 Å². The van der Waals surface area contributed by atoms with Crippen molar-refractivity contribution in [2.45, 2.75) is 6.42 Å². The summed E-state index contributed by atoms with van der Waals surface area (Å²) in [4.78, 5) is 15.6. The van der Waals surface area contributed by atoms with E-state index in [2.05, 4.69) is 22.4 Å². The van der Waals surface area contributed by atoms with Crippen LogP contribution < -0.4 is 5.32 Å². The fourth-order valence-electron chi connectivity index (χ4n) is 1.63. The molecule has 2 rings (SSSR count). The SMILES string of the molecule is O=C(CSCCc1ccccc1)Nc1cccnc1. The molecule has 3 nitrogen and oxygen atoms in total. The largest absolute Gasteiger partial charge is 0.324 e. The Morgan fingerprint density at radius 2 is 2.00 bits per heavy atom. The van der Waals surface area contributed by atoms with Crippen molar-refractivity contribution in [2.75, 3.05) is 16.8 Å². The van der Waals surface area contributed by atoms with Gasteiger partial charge in [0.15, 0.2) is 0 Å². The number of hydrogen-bond donors (Lipinski definition) is 1. The first kappa shape index (κ1) is 13.6. The minimum atomic E-state index is 0.0195. The molecule has 19 heavy (non-hydrogen) atoms. The lowest BCUT2D eigenvalue weighted by atomic mass is 10.2. The fourth-order valence-corrected chi connectivity index (χ4v) is 2.42. The van der Waals surface area contributed by atoms with Crippen molar-refractivity contribution in [1.82, 2.24) is 4.98 Å². The van der Waals surface area contributed by atoms with Crippen molar-refractivity contribution in [2.24, 2.45) is 0 Å². The molecule has 1 aromatic heterocycles. The Morgan fingerprint density at radius 1 is 1.16 bits per heavy atom. The van der Waals surface area contributed by atoms with E-state index < -0.39 is 0 Å². The summed E-state index contributed by atoms with van der Waals surface area (Å²) < 4.78 is 0. The van der Waals surface area contributed by atoms with Crippen LogP contribution in [0.2, 0.25) is 0 Å². The van der Waals surface area contributed by atoms with Crippen LogP contribution in [0.15, 0.2) is 54.9 Å². The molecule has 0 aliphatic carbocycles. The minimum Gasteiger partial charge on any atom is -0.324 e. The van der Waals surface area contributed by atoms with E-state index in [0.717, 1.165) is 17.9 Å². The van der Waals surface area contributed by atoms with E-state index >= 15 is 0 Å². The molecule has 0 unspecified atom stereocenters. The Labute approximate surface area is 117 Å². The maximum atomic E-state index is 11.7. The molecule has 0 fully saturated rings. The van der Waals surface area contributed by atoms with Gasteiger partial charge < -0.3 is 5.32 Å². The first-order chi connectivity index (χ1) is 9.34. The van der Waals surface area contributed by atoms with Gasteiger partial charge in [0.2, 0.25) is 5.91 Å². The maximum Gasteiger partial charge on any atom is 0.234 e. The van der Waals surface area contributed by atoms with Gasteiger partial charge in [0.25, 0.3) is 0 Å². The highest BCUT2D eigenvalue weighted by Gasteiger charge is 2.02. The monoisotopic (exact) mass is 272 g/mol. The Morgan fingerprint density at radius 3 is 2.74 bits per heavy atom. The van der Waals surface area contributed by atoms with Crippen molar-refractivity contribution < 1.29 is 4.79 Å². The van der Waals surface area contributed by atoms with Crippen molar-refractivity contribution >= 4 is 23.4 Å². The normalized spacial score (nSPS) is 10.1. The number of anilines is 1. The number of nitrogens with zero attached hydrogens (tertiary/aromatic N) is 1. The number of pyridine rings is 1. The van der Waals surface area contributed by atoms with Gasteiger partial charge in [-0.2, -0.15) is 11.8 Å². The molecule has 0 aliphatic heterocycles. The molecular weight excluding hydrogens is 256 g/mol. The standard InChI is InChI=1S/C15H16N2OS/c18-15(17-14-7-4-9-16-11-14)12-19-10-8-13-5-2-1-3-6-13/h1-7,9,11H,8,10,12H2,(H,17,18). The molecule has 1 aromatic carbocycles. The number of aromatic nitrogens is 1. The third-order valence-electron chi connectivity index (χ3n) is 2.56. The molecule has 1 N–H and O–H groups in total. The molecule has 0 atom stereocenters. The number of carbonyl (C=O) groups is 1. The maximum absolute atomic E-state index is 11.7. The molecule has 2 aromatic rings. The second-order valence-electron chi connectivity index (χ2n) is 4.08. The van der Waals surface area contributed by atoms with Gasteiger partial charge in [0.1, 0.15) is 0 Å². The van der Waals surface area contributed by atoms with Gasteiger partial charge in [0, 0.05) is 6.20 Å². The van der Waals surface area contributed by atoms with Gasteiger partial charge in [0.05, 0.1) is 17.6 Å². The third kappa shape index (κ3) is 5.14. The van der Waals surface area contributed by atoms with Crippen molar-refractivity contribution in [3.8, 4) is 0 Å². The molecule has 0 radical (unpaired) electrons. The number of nitrogens with one attached hydrogen (secondary N) is 1. The lowest BCUT2D eigenvalue weighted by Crippen LogP contribution is -2.14. The summed E-state index contributed by atoms with van der Waals surface area (Å²) in [7, 11) is 0. The zero-order valence-electron chi connectivity index (χ0n) is 10.6. The van der Waals surface area contributed by atoms with E-state index in [1.54, 1.807) is 30.2 Å². The van der Waals surface area contributed by atoms with Gasteiger partial charge in [-0.3, -0.25) is 9.78 Å². The number of carbonyl (C=O) groups excluding carboxylic acids is 1. The van der Waals surface area contributed by atoms with Crippen LogP contribution in [0.25, 0.3) is 0 Å². The van der Waals surface area contributed by atoms with Crippen LogP contribution in [0, 0.1) is 0 Å². The van der Waals surface area contributed by atoms with Gasteiger partial charge in [-0.25, -0.2) is 0 Å². The highest BCUT2D eigenvalue weighted by Crippen LogP contribution is 2.08. The minimum absolute atomic E-state index is 0.0195. The Balaban J connectivity index is 1.65. The smallest absolute Gasteiger partial charge is 0.234 e. The zero-order chi connectivity index (χ0) is 13.3. The summed E-state index contributed by atoms with van der Waals surface area (Å²) in [5.41, 5.74) is 2.05. The quantitative estimate of drug-likeness (QED) is 0.822. The summed E-state index contributed by atoms with van der Waals surface area (Å²) >= 11 is 1.64. The number of amides is 1. The number of hydrogen-bond acceptors (Lipinski definition) is 3. The van der Waals surface area contributed by atoms with E-state index in [-0.39, 0.29) is 5.91 Å². The van der Waals surface area contributed by atoms with E-state index in [4.69, 9.17) is 0 Å². The molecule has 1 heterocycles. The zero-order valence-corrected chi connectivity index (χ0v) is 11.4. The topological polar surface area (TPSA) is 42.0 Å². The molecule has 0 aliphatic rings. The van der Waals surface area contributed by atoms with Crippen molar-refractivity contribution in [1.29, 1.82) is 0 Å². The Kier molecular flexibility index (Phi) is 5.44. The van der Waals surface area contributed by atoms with E-state index in [1.165, 1.54) is 5.56 Å². The van der Waals surface area contributed by atoms with Crippen molar-refractivity contribution in [3.63, 3.8) is 0 Å². The number of thioether (sulfide) groups is 1. The van der Waals surface area contributed by atoms with Gasteiger partial charge in [-0.1, -0.05) is 30.3 Å². The van der Waals surface area contributed by atoms with Crippen molar-refractivity contribution in [3.05, 3.63) is 60.4 Å². The van der Waals surface area contributed by atoms with Gasteiger partial charge in [-0.05, 0) is 29.9 Å². The van der Waals surface area contributed by atoms with E-state index in [1.807, 2.05) is 24.3 Å². The van der Waals surface area contributed by atoms with Gasteiger partial charge in [-0.15, -0.1) is 0 Å². The van der Waals surface area contributed by atoms with Crippen LogP contribution in [0.5, 0.6) is 0 Å². The third-order valence-corrected chi connectivity index (χ3v) is 3.52. The predicted octanol–water partition coefficient (Wildman–Crippen LogP) is 3.00. The van der Waals surface area contributed by atoms with Crippen LogP contribution >= 0.6 is 11.8 Å². The predicted molar refractivity (Wildman–Crippen MR) is 80.3 cm³/mol. The molecular formula is C15H16N2OS. The second kappa shape index (κ2) is 7.59. The molecule has 98 valence electrons. The highest BCUT2D eigenvalue weighted by molar-refractivity contribution is 7.99. The lowest BCUT2D eigenvalue weighted by Gasteiger charge is -2.04. The average molecular weight is 272 g/mol. The Bertz CT molecular complexity index is 502. The molecule has 0 bridgehead atoms. The molecule has 0 spiro atoms. The Hall–Kier alpha value is -1.81. The summed E-state index contributed by atoms with van der Waals surface area (Å²) in [5, 5.41) is 2.82. The fraction of sp³-hybridized carbons (Fsp3) is 0.200. The van der Waals surface area contributed by atoms with Crippen LogP contribution in [0.1, 0.15) is 5.56 Å². The highest BCUT2D eigenvalue weighted by atomic mass is 32.2. The summed E-state index contributed by atoms with van der Waals surface area (Å²) in [5.74, 6) is 1.44. The molecule has 4 heteroatoms. The average Bonchev–Trinajstić information content (AvgIpc) is 2.46. The summed E-state index contributed by atoms with van der Waals surface area (Å²) in [6, 6.07) is 13.9. The second-order valence-corrected chi connectivity index (χ2v) is 5.18. The van der Waals surface area contributed by atoms with E-state index in [9.17, 15) is 4.79 Å². The first-order valence-corrected chi connectivity index (χ1v) is 7.31. The molecule has 1 amide bonds. The van der Waals surface area contributed by atoms with E-state index in [0.29, 0.717) is 5.75 Å². The summed E-state index contributed by atoms with van der Waals surface area (Å²) in [6.07, 6.45) is 4.32. The number of aryl methyl sites for hydroxylation is 1. The lowest BCUT2D eigenvalue weighted by molar-refractivity contribution is -0.113. The first-order valence-electron chi connectivity index (χ1n) is 6.16. The van der Waals surface area contributed by atoms with Gasteiger partial charge >= 0.3 is 0 Å². The number of benzene rings is 1. The molecule has 0 saturated heterocycles. The molecule has 0 saturated carbocycles.